The maximum Gasteiger partial charge on any atom is 0.224 e. The topological polar surface area (TPSA) is 46.0 Å². The fraction of sp³-hybridized carbons (Fsp3) is 0.200. The van der Waals surface area contributed by atoms with Crippen molar-refractivity contribution in [3.8, 4) is 5.75 Å². The van der Waals surface area contributed by atoms with E-state index in [0.29, 0.717) is 5.69 Å². The first-order valence-electron chi connectivity index (χ1n) is 2.50. The molecule has 0 spiro atoms. The van der Waals surface area contributed by atoms with E-state index in [1.807, 2.05) is 0 Å². The van der Waals surface area contributed by atoms with Gasteiger partial charge in [-0.05, 0) is 18.5 Å². The second kappa shape index (κ2) is 2.60. The first-order valence-corrected chi connectivity index (χ1v) is 3.25. The van der Waals surface area contributed by atoms with Gasteiger partial charge in [-0.1, -0.05) is 11.6 Å². The summed E-state index contributed by atoms with van der Waals surface area (Å²) < 4.78 is 0. The Bertz CT molecular complexity index is 241. The molecule has 0 unspecified atom stereocenters. The van der Waals surface area contributed by atoms with Crippen molar-refractivity contribution >= 4 is 23.2 Å². The van der Waals surface area contributed by atoms with Crippen LogP contribution in [0.4, 0.5) is 0 Å². The minimum absolute atomic E-state index is 0.0162. The molecule has 0 radical (unpaired) electrons. The molecule has 1 heterocycles. The van der Waals surface area contributed by atoms with E-state index in [4.69, 9.17) is 28.3 Å². The van der Waals surface area contributed by atoms with Crippen LogP contribution in [0.5, 0.6) is 5.75 Å². The zero-order valence-electron chi connectivity index (χ0n) is 5.10. The molecule has 0 fully saturated rings. The fourth-order valence-electron chi connectivity index (χ4n) is 0.500. The van der Waals surface area contributed by atoms with Crippen molar-refractivity contribution in [2.24, 2.45) is 0 Å². The molecule has 0 saturated heterocycles. The molecule has 1 aromatic rings. The van der Waals surface area contributed by atoms with Crippen LogP contribution in [0.15, 0.2) is 0 Å². The number of aromatic hydroxyl groups is 1. The summed E-state index contributed by atoms with van der Waals surface area (Å²) in [5.41, 5.74) is 0.380. The van der Waals surface area contributed by atoms with Gasteiger partial charge in [-0.3, -0.25) is 0 Å². The zero-order chi connectivity index (χ0) is 7.72. The van der Waals surface area contributed by atoms with Crippen molar-refractivity contribution in [1.82, 2.24) is 9.97 Å². The van der Waals surface area contributed by atoms with E-state index >= 15 is 0 Å². The van der Waals surface area contributed by atoms with Crippen LogP contribution in [0.3, 0.4) is 0 Å². The highest BCUT2D eigenvalue weighted by molar-refractivity contribution is 6.32. The summed E-state index contributed by atoms with van der Waals surface area (Å²) in [5.74, 6) is -0.119. The summed E-state index contributed by atoms with van der Waals surface area (Å²) in [6.07, 6.45) is 0. The molecule has 5 heteroatoms. The molecular weight excluding hydrogens is 175 g/mol. The normalized spacial score (nSPS) is 9.90. The quantitative estimate of drug-likeness (QED) is 0.487. The number of aryl methyl sites for hydroxylation is 1. The van der Waals surface area contributed by atoms with Gasteiger partial charge in [-0.15, -0.1) is 0 Å². The lowest BCUT2D eigenvalue weighted by Gasteiger charge is -1.98. The molecule has 1 N–H and O–H groups in total. The van der Waals surface area contributed by atoms with Crippen LogP contribution in [0.25, 0.3) is 0 Å². The standard InChI is InChI=1S/C5H4Cl2N2O/c1-2-3(10)4(6)9-5(7)8-2/h10H,1H3. The Morgan fingerprint density at radius 1 is 1.30 bits per heavy atom. The van der Waals surface area contributed by atoms with E-state index < -0.39 is 0 Å². The van der Waals surface area contributed by atoms with E-state index in [1.54, 1.807) is 6.92 Å². The summed E-state index contributed by atoms with van der Waals surface area (Å²) in [4.78, 5) is 7.16. The van der Waals surface area contributed by atoms with Crippen molar-refractivity contribution in [1.29, 1.82) is 0 Å². The number of aromatic nitrogens is 2. The van der Waals surface area contributed by atoms with Crippen LogP contribution in [0.2, 0.25) is 10.4 Å². The lowest BCUT2D eigenvalue weighted by molar-refractivity contribution is 0.464. The monoisotopic (exact) mass is 178 g/mol. The van der Waals surface area contributed by atoms with Gasteiger partial charge in [0.2, 0.25) is 5.28 Å². The first-order chi connectivity index (χ1) is 4.61. The van der Waals surface area contributed by atoms with Crippen molar-refractivity contribution in [2.45, 2.75) is 6.92 Å². The van der Waals surface area contributed by atoms with Crippen LogP contribution in [0.1, 0.15) is 5.69 Å². The number of rotatable bonds is 0. The third-order valence-corrected chi connectivity index (χ3v) is 1.42. The second-order valence-electron chi connectivity index (χ2n) is 1.72. The molecule has 0 saturated carbocycles. The summed E-state index contributed by atoms with van der Waals surface area (Å²) in [6, 6.07) is 0. The minimum Gasteiger partial charge on any atom is -0.503 e. The predicted molar refractivity (Wildman–Crippen MR) is 38.5 cm³/mol. The van der Waals surface area contributed by atoms with E-state index in [0.717, 1.165) is 0 Å². The predicted octanol–water partition coefficient (Wildman–Crippen LogP) is 1.80. The highest BCUT2D eigenvalue weighted by Gasteiger charge is 2.05. The molecule has 1 aromatic heterocycles. The molecule has 0 aromatic carbocycles. The molecular formula is C5H4Cl2N2O. The Morgan fingerprint density at radius 2 is 1.90 bits per heavy atom. The highest BCUT2D eigenvalue weighted by Crippen LogP contribution is 2.23. The lowest BCUT2D eigenvalue weighted by atomic mass is 10.4. The Labute approximate surface area is 67.6 Å². The second-order valence-corrected chi connectivity index (χ2v) is 2.41. The molecule has 0 amide bonds. The third kappa shape index (κ3) is 1.30. The van der Waals surface area contributed by atoms with E-state index in [9.17, 15) is 0 Å². The summed E-state index contributed by atoms with van der Waals surface area (Å²) >= 11 is 10.8. The van der Waals surface area contributed by atoms with Crippen LogP contribution < -0.4 is 0 Å². The van der Waals surface area contributed by atoms with Gasteiger partial charge in [0, 0.05) is 0 Å². The molecule has 0 aliphatic rings. The summed E-state index contributed by atoms with van der Waals surface area (Å²) in [6.45, 7) is 1.59. The number of halogens is 2. The Kier molecular flexibility index (Phi) is 1.97. The number of nitrogens with zero attached hydrogens (tertiary/aromatic N) is 2. The molecule has 3 nitrogen and oxygen atoms in total. The summed E-state index contributed by atoms with van der Waals surface area (Å²) in [7, 11) is 0. The fourth-order valence-corrected chi connectivity index (χ4v) is 0.971. The lowest BCUT2D eigenvalue weighted by Crippen LogP contribution is -1.87. The van der Waals surface area contributed by atoms with Gasteiger partial charge in [0.1, 0.15) is 0 Å². The molecule has 10 heavy (non-hydrogen) atoms. The maximum atomic E-state index is 9.02. The van der Waals surface area contributed by atoms with Gasteiger partial charge < -0.3 is 5.11 Å². The van der Waals surface area contributed by atoms with Crippen LogP contribution >= 0.6 is 23.2 Å². The average molecular weight is 179 g/mol. The van der Waals surface area contributed by atoms with Crippen molar-refractivity contribution < 1.29 is 5.11 Å². The molecule has 54 valence electrons. The summed E-state index contributed by atoms with van der Waals surface area (Å²) in [5, 5.41) is 9.04. The highest BCUT2D eigenvalue weighted by atomic mass is 35.5. The van der Waals surface area contributed by atoms with Gasteiger partial charge >= 0.3 is 0 Å². The molecule has 0 bridgehead atoms. The molecule has 0 aliphatic heterocycles. The zero-order valence-corrected chi connectivity index (χ0v) is 6.61. The van der Waals surface area contributed by atoms with E-state index in [2.05, 4.69) is 9.97 Å². The third-order valence-electron chi connectivity index (χ3n) is 0.988. The Balaban J connectivity index is 3.31. The molecule has 1 rings (SSSR count). The van der Waals surface area contributed by atoms with Crippen molar-refractivity contribution in [2.75, 3.05) is 0 Å². The largest absolute Gasteiger partial charge is 0.503 e. The Morgan fingerprint density at radius 3 is 2.40 bits per heavy atom. The first kappa shape index (κ1) is 7.57. The van der Waals surface area contributed by atoms with Crippen LogP contribution in [0, 0.1) is 6.92 Å². The van der Waals surface area contributed by atoms with Gasteiger partial charge in [0.05, 0.1) is 5.69 Å². The van der Waals surface area contributed by atoms with Crippen LogP contribution in [-0.4, -0.2) is 15.1 Å². The minimum atomic E-state index is -0.119. The van der Waals surface area contributed by atoms with Gasteiger partial charge in [0.15, 0.2) is 10.9 Å². The van der Waals surface area contributed by atoms with Crippen LogP contribution in [-0.2, 0) is 0 Å². The van der Waals surface area contributed by atoms with Gasteiger partial charge in [0.25, 0.3) is 0 Å². The smallest absolute Gasteiger partial charge is 0.224 e. The van der Waals surface area contributed by atoms with E-state index in [1.165, 1.54) is 0 Å². The van der Waals surface area contributed by atoms with Gasteiger partial charge in [-0.2, -0.15) is 0 Å². The van der Waals surface area contributed by atoms with Gasteiger partial charge in [-0.25, -0.2) is 9.97 Å². The number of hydrogen-bond acceptors (Lipinski definition) is 3. The number of hydrogen-bond donors (Lipinski definition) is 1. The molecule has 0 aliphatic carbocycles. The molecule has 0 atom stereocenters. The van der Waals surface area contributed by atoms with E-state index in [-0.39, 0.29) is 16.2 Å². The van der Waals surface area contributed by atoms with Crippen molar-refractivity contribution in [3.63, 3.8) is 0 Å². The van der Waals surface area contributed by atoms with Crippen molar-refractivity contribution in [3.05, 3.63) is 16.1 Å². The SMILES string of the molecule is Cc1nc(Cl)nc(Cl)c1O. The Hall–Kier alpha value is -0.540. The maximum absolute atomic E-state index is 9.02. The average Bonchev–Trinajstić information content (AvgIpc) is 1.82.